The van der Waals surface area contributed by atoms with Crippen LogP contribution in [0.1, 0.15) is 25.1 Å². The molecule has 1 aromatic heterocycles. The minimum Gasteiger partial charge on any atom is -0.489 e. The van der Waals surface area contributed by atoms with Crippen LogP contribution in [0.15, 0.2) is 36.5 Å². The van der Waals surface area contributed by atoms with Gasteiger partial charge in [-0.2, -0.15) is 0 Å². The van der Waals surface area contributed by atoms with Crippen molar-refractivity contribution in [1.29, 1.82) is 0 Å². The Morgan fingerprint density at radius 2 is 2.05 bits per heavy atom. The van der Waals surface area contributed by atoms with Gasteiger partial charge in [0.1, 0.15) is 5.75 Å². The molecule has 0 radical (unpaired) electrons. The fourth-order valence-electron chi connectivity index (χ4n) is 1.76. The molecule has 0 fully saturated rings. The molecule has 0 aliphatic heterocycles. The lowest BCUT2D eigenvalue weighted by Gasteiger charge is -2.13. The highest BCUT2D eigenvalue weighted by molar-refractivity contribution is 6.32. The van der Waals surface area contributed by atoms with Crippen LogP contribution in [-0.4, -0.2) is 11.1 Å². The van der Waals surface area contributed by atoms with Crippen LogP contribution in [0.3, 0.4) is 0 Å². The molecule has 0 aliphatic rings. The zero-order valence-corrected chi connectivity index (χ0v) is 12.7. The van der Waals surface area contributed by atoms with Gasteiger partial charge in [0.05, 0.1) is 23.4 Å². The third kappa shape index (κ3) is 4.14. The van der Waals surface area contributed by atoms with E-state index in [1.54, 1.807) is 0 Å². The van der Waals surface area contributed by atoms with Gasteiger partial charge in [-0.15, -0.1) is 0 Å². The van der Waals surface area contributed by atoms with Crippen LogP contribution in [0.2, 0.25) is 5.02 Å². The molecule has 3 nitrogen and oxygen atoms in total. The second-order valence-electron chi connectivity index (χ2n) is 4.99. The quantitative estimate of drug-likeness (QED) is 0.884. The van der Waals surface area contributed by atoms with Crippen molar-refractivity contribution in [2.24, 2.45) is 0 Å². The van der Waals surface area contributed by atoms with Crippen LogP contribution in [0.5, 0.6) is 5.75 Å². The summed E-state index contributed by atoms with van der Waals surface area (Å²) in [5.41, 5.74) is 3.11. The van der Waals surface area contributed by atoms with E-state index in [-0.39, 0.29) is 6.10 Å². The van der Waals surface area contributed by atoms with E-state index in [4.69, 9.17) is 16.3 Å². The number of hydrogen-bond acceptors (Lipinski definition) is 3. The Morgan fingerprint density at radius 1 is 1.25 bits per heavy atom. The zero-order valence-electron chi connectivity index (χ0n) is 12.0. The van der Waals surface area contributed by atoms with Gasteiger partial charge in [-0.05, 0) is 50.6 Å². The summed E-state index contributed by atoms with van der Waals surface area (Å²) in [4.78, 5) is 4.35. The van der Waals surface area contributed by atoms with Crippen LogP contribution in [-0.2, 0) is 6.54 Å². The molecule has 0 atom stereocenters. The molecule has 1 heterocycles. The topological polar surface area (TPSA) is 34.1 Å². The average molecular weight is 291 g/mol. The summed E-state index contributed by atoms with van der Waals surface area (Å²) in [7, 11) is 0. The summed E-state index contributed by atoms with van der Waals surface area (Å²) >= 11 is 6.20. The molecule has 0 aliphatic carbocycles. The first-order chi connectivity index (χ1) is 9.54. The van der Waals surface area contributed by atoms with Crippen LogP contribution in [0.25, 0.3) is 0 Å². The Balaban J connectivity index is 1.99. The summed E-state index contributed by atoms with van der Waals surface area (Å²) in [5.74, 6) is 0.709. The van der Waals surface area contributed by atoms with Crippen molar-refractivity contribution < 1.29 is 4.74 Å². The Bertz CT molecular complexity index is 567. The van der Waals surface area contributed by atoms with Crippen LogP contribution < -0.4 is 10.1 Å². The number of anilines is 1. The number of benzene rings is 1. The minimum atomic E-state index is 0.114. The smallest absolute Gasteiger partial charge is 0.138 e. The maximum Gasteiger partial charge on any atom is 0.138 e. The zero-order chi connectivity index (χ0) is 14.5. The first kappa shape index (κ1) is 14.7. The third-order valence-corrected chi connectivity index (χ3v) is 3.04. The van der Waals surface area contributed by atoms with Crippen molar-refractivity contribution in [2.75, 3.05) is 5.32 Å². The van der Waals surface area contributed by atoms with Crippen LogP contribution >= 0.6 is 11.6 Å². The maximum atomic E-state index is 6.20. The molecule has 106 valence electrons. The fourth-order valence-corrected chi connectivity index (χ4v) is 1.98. The average Bonchev–Trinajstić information content (AvgIpc) is 2.40. The standard InChI is InChI=1S/C16H19ClN2O/c1-11(2)20-16-7-6-13(8-15(16)17)19-10-14-5-4-12(3)9-18-14/h4-9,11,19H,10H2,1-3H3. The van der Waals surface area contributed by atoms with E-state index in [1.165, 1.54) is 0 Å². The highest BCUT2D eigenvalue weighted by Crippen LogP contribution is 2.28. The van der Waals surface area contributed by atoms with Gasteiger partial charge in [0.2, 0.25) is 0 Å². The number of aromatic nitrogens is 1. The number of rotatable bonds is 5. The van der Waals surface area contributed by atoms with Gasteiger partial charge in [-0.25, -0.2) is 0 Å². The molecule has 4 heteroatoms. The van der Waals surface area contributed by atoms with Crippen molar-refractivity contribution in [3.8, 4) is 5.75 Å². The predicted molar refractivity (Wildman–Crippen MR) is 83.5 cm³/mol. The Labute approximate surface area is 124 Å². The van der Waals surface area contributed by atoms with Crippen molar-refractivity contribution in [2.45, 2.75) is 33.4 Å². The van der Waals surface area contributed by atoms with E-state index in [0.717, 1.165) is 16.9 Å². The van der Waals surface area contributed by atoms with E-state index in [0.29, 0.717) is 17.3 Å². The fraction of sp³-hybridized carbons (Fsp3) is 0.312. The molecule has 20 heavy (non-hydrogen) atoms. The van der Waals surface area contributed by atoms with Crippen LogP contribution in [0, 0.1) is 6.92 Å². The number of pyridine rings is 1. The first-order valence-electron chi connectivity index (χ1n) is 6.66. The summed E-state index contributed by atoms with van der Waals surface area (Å²) in [6.45, 7) is 6.65. The van der Waals surface area contributed by atoms with Crippen molar-refractivity contribution >= 4 is 17.3 Å². The van der Waals surface area contributed by atoms with Gasteiger partial charge in [-0.3, -0.25) is 4.98 Å². The molecular formula is C16H19ClN2O. The van der Waals surface area contributed by atoms with E-state index in [2.05, 4.69) is 16.4 Å². The largest absolute Gasteiger partial charge is 0.489 e. The molecule has 0 saturated heterocycles. The van der Waals surface area contributed by atoms with Gasteiger partial charge in [0.15, 0.2) is 0 Å². The molecule has 0 saturated carbocycles. The molecule has 0 bridgehead atoms. The summed E-state index contributed by atoms with van der Waals surface area (Å²) < 4.78 is 5.60. The van der Waals surface area contributed by atoms with Gasteiger partial charge in [0.25, 0.3) is 0 Å². The first-order valence-corrected chi connectivity index (χ1v) is 7.04. The normalized spacial score (nSPS) is 10.7. The summed E-state index contributed by atoms with van der Waals surface area (Å²) in [6, 6.07) is 9.77. The number of hydrogen-bond donors (Lipinski definition) is 1. The van der Waals surface area contributed by atoms with Crippen molar-refractivity contribution in [1.82, 2.24) is 4.98 Å². The Kier molecular flexibility index (Phi) is 4.85. The van der Waals surface area contributed by atoms with Gasteiger partial charge < -0.3 is 10.1 Å². The Morgan fingerprint density at radius 3 is 2.65 bits per heavy atom. The maximum absolute atomic E-state index is 6.20. The van der Waals surface area contributed by atoms with E-state index in [9.17, 15) is 0 Å². The monoisotopic (exact) mass is 290 g/mol. The molecule has 0 unspecified atom stereocenters. The van der Waals surface area contributed by atoms with Gasteiger partial charge in [-0.1, -0.05) is 17.7 Å². The van der Waals surface area contributed by atoms with Crippen LogP contribution in [0.4, 0.5) is 5.69 Å². The SMILES string of the molecule is Cc1ccc(CNc2ccc(OC(C)C)c(Cl)c2)nc1. The molecule has 2 aromatic rings. The third-order valence-electron chi connectivity index (χ3n) is 2.74. The predicted octanol–water partition coefficient (Wildman–Crippen LogP) is 4.44. The highest BCUT2D eigenvalue weighted by atomic mass is 35.5. The number of nitrogens with zero attached hydrogens (tertiary/aromatic N) is 1. The highest BCUT2D eigenvalue weighted by Gasteiger charge is 2.05. The number of nitrogens with one attached hydrogen (secondary N) is 1. The molecular weight excluding hydrogens is 272 g/mol. The molecule has 1 aromatic carbocycles. The minimum absolute atomic E-state index is 0.114. The number of halogens is 1. The van der Waals surface area contributed by atoms with E-state index < -0.39 is 0 Å². The second-order valence-corrected chi connectivity index (χ2v) is 5.40. The van der Waals surface area contributed by atoms with E-state index >= 15 is 0 Å². The molecule has 2 rings (SSSR count). The second kappa shape index (κ2) is 6.62. The molecule has 0 spiro atoms. The lowest BCUT2D eigenvalue weighted by Crippen LogP contribution is -2.06. The summed E-state index contributed by atoms with van der Waals surface area (Å²) in [6.07, 6.45) is 1.98. The van der Waals surface area contributed by atoms with E-state index in [1.807, 2.05) is 51.2 Å². The number of aryl methyl sites for hydroxylation is 1. The van der Waals surface area contributed by atoms with Crippen molar-refractivity contribution in [3.63, 3.8) is 0 Å². The number of ether oxygens (including phenoxy) is 1. The molecule has 1 N–H and O–H groups in total. The summed E-state index contributed by atoms with van der Waals surface area (Å²) in [5, 5.41) is 3.91. The van der Waals surface area contributed by atoms with Gasteiger partial charge >= 0.3 is 0 Å². The Hall–Kier alpha value is -1.74. The van der Waals surface area contributed by atoms with Crippen molar-refractivity contribution in [3.05, 3.63) is 52.8 Å². The van der Waals surface area contributed by atoms with Gasteiger partial charge in [0, 0.05) is 11.9 Å². The molecule has 0 amide bonds. The lowest BCUT2D eigenvalue weighted by molar-refractivity contribution is 0.242. The lowest BCUT2D eigenvalue weighted by atomic mass is 10.2.